The van der Waals surface area contributed by atoms with Crippen LogP contribution in [-0.2, 0) is 4.74 Å². The third-order valence-corrected chi connectivity index (χ3v) is 2.74. The number of rotatable bonds is 4. The SMILES string of the molecule is NCC1(CNc2cccc(F)c2)COC1. The molecule has 0 atom stereocenters. The second kappa shape index (κ2) is 4.16. The lowest BCUT2D eigenvalue weighted by molar-refractivity contribution is -0.0979. The van der Waals surface area contributed by atoms with Crippen LogP contribution >= 0.6 is 0 Å². The Morgan fingerprint density at radius 3 is 2.80 bits per heavy atom. The Labute approximate surface area is 88.4 Å². The van der Waals surface area contributed by atoms with E-state index in [0.29, 0.717) is 19.8 Å². The Balaban J connectivity index is 1.92. The topological polar surface area (TPSA) is 47.3 Å². The Kier molecular flexibility index (Phi) is 2.88. The van der Waals surface area contributed by atoms with E-state index in [1.165, 1.54) is 12.1 Å². The molecule has 0 unspecified atom stereocenters. The van der Waals surface area contributed by atoms with Crippen LogP contribution in [0.15, 0.2) is 24.3 Å². The summed E-state index contributed by atoms with van der Waals surface area (Å²) in [5, 5.41) is 3.18. The van der Waals surface area contributed by atoms with Crippen LogP contribution in [0.25, 0.3) is 0 Å². The lowest BCUT2D eigenvalue weighted by Crippen LogP contribution is -2.52. The maximum atomic E-state index is 12.9. The van der Waals surface area contributed by atoms with Gasteiger partial charge in [0.05, 0.1) is 13.2 Å². The molecule has 4 heteroatoms. The number of hydrogen-bond acceptors (Lipinski definition) is 3. The first-order valence-corrected chi connectivity index (χ1v) is 5.01. The highest BCUT2D eigenvalue weighted by atomic mass is 19.1. The van der Waals surface area contributed by atoms with Crippen molar-refractivity contribution in [2.24, 2.45) is 11.1 Å². The van der Waals surface area contributed by atoms with Crippen molar-refractivity contribution in [1.29, 1.82) is 0 Å². The molecular weight excluding hydrogens is 195 g/mol. The van der Waals surface area contributed by atoms with Crippen molar-refractivity contribution in [3.8, 4) is 0 Å². The maximum absolute atomic E-state index is 12.9. The van der Waals surface area contributed by atoms with E-state index in [1.807, 2.05) is 6.07 Å². The zero-order chi connectivity index (χ0) is 10.7. The molecule has 15 heavy (non-hydrogen) atoms. The van der Waals surface area contributed by atoms with Crippen molar-refractivity contribution >= 4 is 5.69 Å². The second-order valence-corrected chi connectivity index (χ2v) is 4.06. The van der Waals surface area contributed by atoms with E-state index in [4.69, 9.17) is 10.5 Å². The monoisotopic (exact) mass is 210 g/mol. The zero-order valence-corrected chi connectivity index (χ0v) is 8.50. The molecule has 0 saturated carbocycles. The second-order valence-electron chi connectivity index (χ2n) is 4.06. The summed E-state index contributed by atoms with van der Waals surface area (Å²) < 4.78 is 18.0. The molecule has 0 aliphatic carbocycles. The van der Waals surface area contributed by atoms with Crippen LogP contribution in [0, 0.1) is 11.2 Å². The lowest BCUT2D eigenvalue weighted by Gasteiger charge is -2.40. The van der Waals surface area contributed by atoms with E-state index in [1.54, 1.807) is 6.07 Å². The summed E-state index contributed by atoms with van der Waals surface area (Å²) in [6.07, 6.45) is 0. The van der Waals surface area contributed by atoms with Crippen molar-refractivity contribution in [3.05, 3.63) is 30.1 Å². The molecule has 1 heterocycles. The van der Waals surface area contributed by atoms with Crippen molar-refractivity contribution < 1.29 is 9.13 Å². The van der Waals surface area contributed by atoms with Gasteiger partial charge in [0.15, 0.2) is 0 Å². The molecule has 1 aliphatic rings. The van der Waals surface area contributed by atoms with E-state index in [9.17, 15) is 4.39 Å². The Bertz CT molecular complexity index is 334. The summed E-state index contributed by atoms with van der Waals surface area (Å²) in [5.41, 5.74) is 6.49. The van der Waals surface area contributed by atoms with Gasteiger partial charge in [0.2, 0.25) is 0 Å². The minimum atomic E-state index is -0.230. The first-order valence-electron chi connectivity index (χ1n) is 5.01. The van der Waals surface area contributed by atoms with Gasteiger partial charge < -0.3 is 15.8 Å². The Morgan fingerprint density at radius 1 is 1.47 bits per heavy atom. The highest BCUT2D eigenvalue weighted by Crippen LogP contribution is 2.26. The first-order chi connectivity index (χ1) is 7.24. The normalized spacial score (nSPS) is 18.3. The van der Waals surface area contributed by atoms with E-state index < -0.39 is 0 Å². The van der Waals surface area contributed by atoms with Crippen LogP contribution in [0.3, 0.4) is 0 Å². The maximum Gasteiger partial charge on any atom is 0.125 e. The molecule has 1 fully saturated rings. The minimum Gasteiger partial charge on any atom is -0.384 e. The van der Waals surface area contributed by atoms with Gasteiger partial charge in [0, 0.05) is 24.2 Å². The van der Waals surface area contributed by atoms with Crippen LogP contribution in [-0.4, -0.2) is 26.3 Å². The fourth-order valence-electron chi connectivity index (χ4n) is 1.57. The molecule has 2 rings (SSSR count). The van der Waals surface area contributed by atoms with Crippen LogP contribution < -0.4 is 11.1 Å². The van der Waals surface area contributed by atoms with Crippen molar-refractivity contribution in [2.45, 2.75) is 0 Å². The molecule has 0 amide bonds. The fraction of sp³-hybridized carbons (Fsp3) is 0.455. The average molecular weight is 210 g/mol. The van der Waals surface area contributed by atoms with E-state index in [0.717, 1.165) is 12.2 Å². The predicted molar refractivity (Wildman–Crippen MR) is 57.2 cm³/mol. The predicted octanol–water partition coefficient (Wildman–Crippen LogP) is 1.21. The summed E-state index contributed by atoms with van der Waals surface area (Å²) in [6.45, 7) is 2.69. The van der Waals surface area contributed by atoms with Crippen LogP contribution in [0.1, 0.15) is 0 Å². The lowest BCUT2D eigenvalue weighted by atomic mass is 9.86. The van der Waals surface area contributed by atoms with Gasteiger partial charge >= 0.3 is 0 Å². The highest BCUT2D eigenvalue weighted by Gasteiger charge is 2.36. The molecule has 0 spiro atoms. The van der Waals surface area contributed by atoms with Crippen LogP contribution in [0.4, 0.5) is 10.1 Å². The third-order valence-electron chi connectivity index (χ3n) is 2.74. The minimum absolute atomic E-state index is 0.0340. The van der Waals surface area contributed by atoms with Gasteiger partial charge in [0.25, 0.3) is 0 Å². The van der Waals surface area contributed by atoms with Gasteiger partial charge in [-0.15, -0.1) is 0 Å². The van der Waals surface area contributed by atoms with E-state index in [2.05, 4.69) is 5.32 Å². The van der Waals surface area contributed by atoms with Crippen LogP contribution in [0.5, 0.6) is 0 Å². The van der Waals surface area contributed by atoms with E-state index in [-0.39, 0.29) is 11.2 Å². The van der Waals surface area contributed by atoms with Gasteiger partial charge in [-0.1, -0.05) is 6.07 Å². The summed E-state index contributed by atoms with van der Waals surface area (Å²) >= 11 is 0. The number of benzene rings is 1. The van der Waals surface area contributed by atoms with E-state index >= 15 is 0 Å². The van der Waals surface area contributed by atoms with Crippen molar-refractivity contribution in [2.75, 3.05) is 31.6 Å². The molecule has 3 nitrogen and oxygen atoms in total. The molecule has 82 valence electrons. The molecule has 1 saturated heterocycles. The summed E-state index contributed by atoms with van der Waals surface area (Å²) in [5.74, 6) is -0.230. The third kappa shape index (κ3) is 2.27. The number of nitrogens with two attached hydrogens (primary N) is 1. The molecule has 1 aromatic carbocycles. The molecule has 1 aliphatic heterocycles. The van der Waals surface area contributed by atoms with Gasteiger partial charge in [-0.3, -0.25) is 0 Å². The summed E-state index contributed by atoms with van der Waals surface area (Å²) in [4.78, 5) is 0. The molecular formula is C11H15FN2O. The molecule has 3 N–H and O–H groups in total. The molecule has 0 bridgehead atoms. The smallest absolute Gasteiger partial charge is 0.125 e. The number of ether oxygens (including phenoxy) is 1. The average Bonchev–Trinajstić information content (AvgIpc) is 2.17. The van der Waals surface area contributed by atoms with Crippen molar-refractivity contribution in [3.63, 3.8) is 0 Å². The Morgan fingerprint density at radius 2 is 2.27 bits per heavy atom. The van der Waals surface area contributed by atoms with Gasteiger partial charge in [-0.2, -0.15) is 0 Å². The first kappa shape index (κ1) is 10.4. The zero-order valence-electron chi connectivity index (χ0n) is 8.50. The summed E-state index contributed by atoms with van der Waals surface area (Å²) in [6, 6.07) is 6.43. The quantitative estimate of drug-likeness (QED) is 0.785. The largest absolute Gasteiger partial charge is 0.384 e. The number of nitrogens with one attached hydrogen (secondary N) is 1. The number of hydrogen-bond donors (Lipinski definition) is 2. The fourth-order valence-corrected chi connectivity index (χ4v) is 1.57. The van der Waals surface area contributed by atoms with Gasteiger partial charge in [0.1, 0.15) is 5.82 Å². The Hall–Kier alpha value is -1.13. The number of anilines is 1. The number of halogens is 1. The van der Waals surface area contributed by atoms with Gasteiger partial charge in [-0.25, -0.2) is 4.39 Å². The molecule has 0 aromatic heterocycles. The molecule has 1 aromatic rings. The van der Waals surface area contributed by atoms with Gasteiger partial charge in [-0.05, 0) is 18.2 Å². The highest BCUT2D eigenvalue weighted by molar-refractivity contribution is 5.43. The standard InChI is InChI=1S/C11H15FN2O/c12-9-2-1-3-10(4-9)14-6-11(5-13)7-15-8-11/h1-4,14H,5-8,13H2. The molecule has 0 radical (unpaired) electrons. The van der Waals surface area contributed by atoms with Crippen LogP contribution in [0.2, 0.25) is 0 Å². The van der Waals surface area contributed by atoms with Crippen molar-refractivity contribution in [1.82, 2.24) is 0 Å². The summed E-state index contributed by atoms with van der Waals surface area (Å²) in [7, 11) is 0.